The summed E-state index contributed by atoms with van der Waals surface area (Å²) in [5, 5.41) is 30.6. The van der Waals surface area contributed by atoms with Gasteiger partial charge in [0.1, 0.15) is 31.0 Å². The summed E-state index contributed by atoms with van der Waals surface area (Å²) in [5.74, 6) is -2.98. The standard InChI is InChI=1S/C21H33NO14S/c1-8(24)31-7-13-17(32-9(2)25)18(33-10(3)26)19(34-11(4)27)21(36-13)37-22-14-12(6-23)35-20(30-5)16(29)15(14)28/h12-23,28-29H,6-7H2,1-5H3/t12-,13-,14-,15+,16-,17-,18+,19-,20+,21+/m1/s1. The van der Waals surface area contributed by atoms with E-state index in [4.69, 9.17) is 33.2 Å². The van der Waals surface area contributed by atoms with Crippen molar-refractivity contribution in [2.45, 2.75) is 88.2 Å². The van der Waals surface area contributed by atoms with Gasteiger partial charge in [0, 0.05) is 34.8 Å². The molecule has 0 bridgehead atoms. The first kappa shape index (κ1) is 31.2. The quantitative estimate of drug-likeness (QED) is 0.128. The van der Waals surface area contributed by atoms with Crippen LogP contribution in [0.25, 0.3) is 0 Å². The lowest BCUT2D eigenvalue weighted by molar-refractivity contribution is -0.270. The molecular weight excluding hydrogens is 522 g/mol. The normalized spacial score (nSPS) is 35.8. The molecule has 0 saturated carbocycles. The lowest BCUT2D eigenvalue weighted by Gasteiger charge is -2.45. The number of carbonyl (C=O) groups is 4. The highest BCUT2D eigenvalue weighted by Crippen LogP contribution is 2.34. The van der Waals surface area contributed by atoms with Gasteiger partial charge in [0.25, 0.3) is 0 Å². The molecule has 0 amide bonds. The van der Waals surface area contributed by atoms with Gasteiger partial charge in [-0.05, 0) is 11.9 Å². The minimum Gasteiger partial charge on any atom is -0.463 e. The number of nitrogens with one attached hydrogen (secondary N) is 1. The van der Waals surface area contributed by atoms with Crippen LogP contribution in [-0.2, 0) is 52.3 Å². The van der Waals surface area contributed by atoms with Crippen molar-refractivity contribution in [1.29, 1.82) is 0 Å². The van der Waals surface area contributed by atoms with Gasteiger partial charge in [0.15, 0.2) is 30.0 Å². The van der Waals surface area contributed by atoms with Crippen LogP contribution in [-0.4, -0.2) is 120 Å². The van der Waals surface area contributed by atoms with E-state index in [0.717, 1.165) is 39.6 Å². The van der Waals surface area contributed by atoms with E-state index in [0.29, 0.717) is 0 Å². The van der Waals surface area contributed by atoms with Gasteiger partial charge in [-0.15, -0.1) is 0 Å². The molecular formula is C21H33NO14S. The Morgan fingerprint density at radius 2 is 1.38 bits per heavy atom. The Hall–Kier alpha value is -2.05. The van der Waals surface area contributed by atoms with Gasteiger partial charge in [-0.25, -0.2) is 0 Å². The number of rotatable bonds is 10. The first-order valence-corrected chi connectivity index (χ1v) is 12.1. The van der Waals surface area contributed by atoms with E-state index in [-0.39, 0.29) is 0 Å². The van der Waals surface area contributed by atoms with Crippen molar-refractivity contribution in [3.05, 3.63) is 0 Å². The summed E-state index contributed by atoms with van der Waals surface area (Å²) in [5.41, 5.74) is -1.19. The fraction of sp³-hybridized carbons (Fsp3) is 0.810. The third-order valence-corrected chi connectivity index (χ3v) is 6.41. The van der Waals surface area contributed by atoms with Gasteiger partial charge in [-0.2, -0.15) is 0 Å². The molecule has 2 heterocycles. The fourth-order valence-corrected chi connectivity index (χ4v) is 4.98. The van der Waals surface area contributed by atoms with Gasteiger partial charge in [0.2, 0.25) is 0 Å². The van der Waals surface area contributed by atoms with E-state index >= 15 is 0 Å². The number of hydrogen-bond acceptors (Lipinski definition) is 16. The summed E-state index contributed by atoms with van der Waals surface area (Å²) in [4.78, 5) is 47.1. The van der Waals surface area contributed by atoms with Crippen LogP contribution in [0.4, 0.5) is 0 Å². The maximum absolute atomic E-state index is 11.9. The van der Waals surface area contributed by atoms with Crippen molar-refractivity contribution in [2.24, 2.45) is 0 Å². The van der Waals surface area contributed by atoms with E-state index in [1.165, 1.54) is 7.11 Å². The summed E-state index contributed by atoms with van der Waals surface area (Å²) < 4.78 is 40.3. The third kappa shape index (κ3) is 8.47. The highest BCUT2D eigenvalue weighted by atomic mass is 32.2. The lowest BCUT2D eigenvalue weighted by Crippen LogP contribution is -2.64. The zero-order valence-electron chi connectivity index (χ0n) is 20.9. The van der Waals surface area contributed by atoms with Crippen molar-refractivity contribution >= 4 is 35.8 Å². The molecule has 15 nitrogen and oxygen atoms in total. The van der Waals surface area contributed by atoms with E-state index < -0.39 is 97.6 Å². The SMILES string of the molecule is CO[C@H]1O[C@H](CO)[C@@H](NS[C@@H]2O[C@H](COC(C)=O)[C@@H](OC(C)=O)[C@H](OC(C)=O)[C@H]2OC(C)=O)[C@H](O)[C@H]1O. The first-order valence-electron chi connectivity index (χ1n) is 11.3. The Morgan fingerprint density at radius 1 is 0.811 bits per heavy atom. The van der Waals surface area contributed by atoms with Crippen LogP contribution in [0.5, 0.6) is 0 Å². The molecule has 2 aliphatic rings. The van der Waals surface area contributed by atoms with Crippen LogP contribution >= 0.6 is 11.9 Å². The fourth-order valence-electron chi connectivity index (χ4n) is 3.86. The number of methoxy groups -OCH3 is 1. The molecule has 37 heavy (non-hydrogen) atoms. The maximum atomic E-state index is 11.9. The minimum atomic E-state index is -1.47. The van der Waals surface area contributed by atoms with Gasteiger partial charge in [-0.3, -0.25) is 23.9 Å². The molecule has 2 fully saturated rings. The minimum absolute atomic E-state index is 0.405. The second-order valence-electron chi connectivity index (χ2n) is 8.27. The highest BCUT2D eigenvalue weighted by molar-refractivity contribution is 7.97. The number of carbonyl (C=O) groups excluding carboxylic acids is 4. The molecule has 0 aromatic heterocycles. The summed E-state index contributed by atoms with van der Waals surface area (Å²) in [6, 6.07) is -1.07. The number of ether oxygens (including phenoxy) is 7. The van der Waals surface area contributed by atoms with Crippen LogP contribution in [0.3, 0.4) is 0 Å². The van der Waals surface area contributed by atoms with Crippen LogP contribution < -0.4 is 4.72 Å². The first-order chi connectivity index (χ1) is 17.4. The monoisotopic (exact) mass is 555 g/mol. The van der Waals surface area contributed by atoms with Crippen molar-refractivity contribution in [3.8, 4) is 0 Å². The largest absolute Gasteiger partial charge is 0.463 e. The van der Waals surface area contributed by atoms with E-state index in [1.54, 1.807) is 0 Å². The van der Waals surface area contributed by atoms with Gasteiger partial charge < -0.3 is 48.5 Å². The van der Waals surface area contributed by atoms with E-state index in [9.17, 15) is 34.5 Å². The molecule has 4 N–H and O–H groups in total. The average molecular weight is 556 g/mol. The molecule has 2 aliphatic heterocycles. The topological polar surface area (TPSA) is 206 Å². The molecule has 2 rings (SSSR count). The van der Waals surface area contributed by atoms with Crippen molar-refractivity contribution in [2.75, 3.05) is 20.3 Å². The summed E-state index contributed by atoms with van der Waals surface area (Å²) >= 11 is 0.753. The molecule has 0 unspecified atom stereocenters. The molecule has 0 aromatic rings. The van der Waals surface area contributed by atoms with Gasteiger partial charge in [-0.1, -0.05) is 0 Å². The number of aliphatic hydroxyl groups excluding tert-OH is 3. The molecule has 0 aromatic carbocycles. The Kier molecular flexibility index (Phi) is 12.0. The molecule has 0 spiro atoms. The number of hydrogen-bond donors (Lipinski definition) is 4. The Balaban J connectivity index is 2.36. The lowest BCUT2D eigenvalue weighted by atomic mass is 9.97. The summed E-state index contributed by atoms with van der Waals surface area (Å²) in [6.45, 7) is 3.50. The molecule has 212 valence electrons. The Labute approximate surface area is 217 Å². The predicted molar refractivity (Wildman–Crippen MR) is 121 cm³/mol. The van der Waals surface area contributed by atoms with Gasteiger partial charge in [0.05, 0.1) is 12.6 Å². The Bertz CT molecular complexity index is 812. The third-order valence-electron chi connectivity index (χ3n) is 5.39. The van der Waals surface area contributed by atoms with E-state index in [1.807, 2.05) is 0 Å². The highest BCUT2D eigenvalue weighted by Gasteiger charge is 2.53. The number of aliphatic hydroxyl groups is 3. The second-order valence-corrected chi connectivity index (χ2v) is 9.21. The number of esters is 4. The van der Waals surface area contributed by atoms with Crippen LogP contribution in [0.2, 0.25) is 0 Å². The van der Waals surface area contributed by atoms with Crippen molar-refractivity contribution in [3.63, 3.8) is 0 Å². The van der Waals surface area contributed by atoms with Crippen molar-refractivity contribution in [1.82, 2.24) is 4.72 Å². The van der Waals surface area contributed by atoms with Crippen LogP contribution in [0.15, 0.2) is 0 Å². The average Bonchev–Trinajstić information content (AvgIpc) is 2.81. The zero-order valence-corrected chi connectivity index (χ0v) is 21.7. The predicted octanol–water partition coefficient (Wildman–Crippen LogP) is -2.24. The Morgan fingerprint density at radius 3 is 1.89 bits per heavy atom. The second kappa shape index (κ2) is 14.2. The summed E-state index contributed by atoms with van der Waals surface area (Å²) in [7, 11) is 1.26. The van der Waals surface area contributed by atoms with Crippen molar-refractivity contribution < 1.29 is 67.7 Å². The molecule has 2 saturated heterocycles. The maximum Gasteiger partial charge on any atom is 0.303 e. The van der Waals surface area contributed by atoms with Gasteiger partial charge >= 0.3 is 23.9 Å². The zero-order chi connectivity index (χ0) is 27.9. The molecule has 0 radical (unpaired) electrons. The molecule has 0 aliphatic carbocycles. The van der Waals surface area contributed by atoms with Crippen LogP contribution in [0, 0.1) is 0 Å². The summed E-state index contributed by atoms with van der Waals surface area (Å²) in [6.07, 6.45) is -10.4. The molecule has 10 atom stereocenters. The van der Waals surface area contributed by atoms with Crippen LogP contribution in [0.1, 0.15) is 27.7 Å². The van der Waals surface area contributed by atoms with E-state index in [2.05, 4.69) is 4.72 Å². The molecule has 16 heteroatoms. The smallest absolute Gasteiger partial charge is 0.303 e.